The van der Waals surface area contributed by atoms with Gasteiger partial charge in [0.1, 0.15) is 11.6 Å². The van der Waals surface area contributed by atoms with Crippen LogP contribution in [0.5, 0.6) is 5.75 Å². The van der Waals surface area contributed by atoms with Crippen molar-refractivity contribution in [3.63, 3.8) is 0 Å². The molecule has 1 fully saturated rings. The molecule has 2 aromatic rings. The first-order chi connectivity index (χ1) is 12.4. The Hall–Kier alpha value is -1.97. The molecule has 0 amide bonds. The molecule has 140 valence electrons. The highest BCUT2D eigenvalue weighted by molar-refractivity contribution is 7.89. The molecule has 26 heavy (non-hydrogen) atoms. The Morgan fingerprint density at radius 3 is 2.92 bits per heavy atom. The van der Waals surface area contributed by atoms with Crippen molar-refractivity contribution in [3.8, 4) is 5.75 Å². The lowest BCUT2D eigenvalue weighted by molar-refractivity contribution is 0.101. The van der Waals surface area contributed by atoms with Gasteiger partial charge in [-0.2, -0.15) is 4.31 Å². The van der Waals surface area contributed by atoms with Crippen molar-refractivity contribution in [2.75, 3.05) is 26.9 Å². The number of aryl methyl sites for hydroxylation is 1. The van der Waals surface area contributed by atoms with Gasteiger partial charge in [-0.15, -0.1) is 0 Å². The standard InChI is InChI=1S/C17H20FN3O4S/c1-20-7-16(19-10-20)26(22,23)21-6-11(8-24-2)14-9-25-15-4-3-12(18)5-13(15)17(14)21/h3-5,7,10-11,14,17H,6,8-9H2,1-2H3/t11-,14-,17-/m0/s1. The molecule has 2 aliphatic heterocycles. The molecule has 0 N–H and O–H groups in total. The van der Waals surface area contributed by atoms with Crippen LogP contribution in [0.15, 0.2) is 35.7 Å². The number of imidazole rings is 1. The quantitative estimate of drug-likeness (QED) is 0.804. The predicted molar refractivity (Wildman–Crippen MR) is 90.6 cm³/mol. The third-order valence-electron chi connectivity index (χ3n) is 5.09. The molecule has 3 atom stereocenters. The molecule has 1 aromatic carbocycles. The second kappa shape index (κ2) is 6.33. The van der Waals surface area contributed by atoms with Crippen LogP contribution in [0.1, 0.15) is 11.6 Å². The summed E-state index contributed by atoms with van der Waals surface area (Å²) in [4.78, 5) is 4.01. The first-order valence-electron chi connectivity index (χ1n) is 8.33. The molecule has 3 heterocycles. The van der Waals surface area contributed by atoms with Crippen LogP contribution < -0.4 is 4.74 Å². The van der Waals surface area contributed by atoms with Crippen LogP contribution in [-0.4, -0.2) is 49.1 Å². The molecule has 0 bridgehead atoms. The van der Waals surface area contributed by atoms with E-state index in [1.165, 1.54) is 29.0 Å². The summed E-state index contributed by atoms with van der Waals surface area (Å²) in [5.74, 6) is -0.0482. The third kappa shape index (κ3) is 2.70. The number of ether oxygens (including phenoxy) is 2. The van der Waals surface area contributed by atoms with E-state index in [4.69, 9.17) is 9.47 Å². The van der Waals surface area contributed by atoms with Gasteiger partial charge in [-0.1, -0.05) is 0 Å². The minimum Gasteiger partial charge on any atom is -0.493 e. The molecule has 0 aliphatic carbocycles. The van der Waals surface area contributed by atoms with E-state index in [0.29, 0.717) is 24.5 Å². The van der Waals surface area contributed by atoms with Crippen LogP contribution in [0, 0.1) is 17.7 Å². The number of aromatic nitrogens is 2. The van der Waals surface area contributed by atoms with Crippen LogP contribution in [-0.2, 0) is 21.8 Å². The molecular weight excluding hydrogens is 361 g/mol. The van der Waals surface area contributed by atoms with Crippen molar-refractivity contribution in [2.45, 2.75) is 11.1 Å². The lowest BCUT2D eigenvalue weighted by Crippen LogP contribution is -2.35. The number of sulfonamides is 1. The normalized spacial score (nSPS) is 25.6. The van der Waals surface area contributed by atoms with E-state index in [2.05, 4.69) is 4.98 Å². The Kier molecular flexibility index (Phi) is 4.25. The van der Waals surface area contributed by atoms with Crippen molar-refractivity contribution in [2.24, 2.45) is 18.9 Å². The number of halogens is 1. The van der Waals surface area contributed by atoms with Crippen molar-refractivity contribution in [3.05, 3.63) is 42.1 Å². The van der Waals surface area contributed by atoms with Crippen LogP contribution in [0.3, 0.4) is 0 Å². The Labute approximate surface area is 151 Å². The highest BCUT2D eigenvalue weighted by Gasteiger charge is 2.51. The minimum absolute atomic E-state index is 0.0127. The first-order valence-corrected chi connectivity index (χ1v) is 9.77. The summed E-state index contributed by atoms with van der Waals surface area (Å²) >= 11 is 0. The average Bonchev–Trinajstić information content (AvgIpc) is 3.20. The van der Waals surface area contributed by atoms with Crippen LogP contribution in [0.25, 0.3) is 0 Å². The van der Waals surface area contributed by atoms with Crippen molar-refractivity contribution in [1.29, 1.82) is 0 Å². The molecule has 0 saturated carbocycles. The zero-order valence-electron chi connectivity index (χ0n) is 14.5. The monoisotopic (exact) mass is 381 g/mol. The summed E-state index contributed by atoms with van der Waals surface area (Å²) in [6.07, 6.45) is 2.92. The molecule has 0 radical (unpaired) electrons. The Morgan fingerprint density at radius 1 is 1.42 bits per heavy atom. The van der Waals surface area contributed by atoms with Crippen LogP contribution in [0.2, 0.25) is 0 Å². The summed E-state index contributed by atoms with van der Waals surface area (Å²) in [6, 6.07) is 3.73. The van der Waals surface area contributed by atoms with Gasteiger partial charge in [0.2, 0.25) is 0 Å². The van der Waals surface area contributed by atoms with E-state index in [1.54, 1.807) is 24.8 Å². The fourth-order valence-electron chi connectivity index (χ4n) is 3.91. The van der Waals surface area contributed by atoms with Gasteiger partial charge in [-0.05, 0) is 18.2 Å². The molecular formula is C17H20FN3O4S. The Bertz CT molecular complexity index is 930. The Morgan fingerprint density at radius 2 is 2.23 bits per heavy atom. The maximum Gasteiger partial charge on any atom is 0.262 e. The molecule has 7 nitrogen and oxygen atoms in total. The van der Waals surface area contributed by atoms with Crippen LogP contribution in [0.4, 0.5) is 4.39 Å². The number of hydrogen-bond acceptors (Lipinski definition) is 5. The lowest BCUT2D eigenvalue weighted by Gasteiger charge is -2.33. The molecule has 0 unspecified atom stereocenters. The number of hydrogen-bond donors (Lipinski definition) is 0. The molecule has 0 spiro atoms. The zero-order valence-corrected chi connectivity index (χ0v) is 15.3. The van der Waals surface area contributed by atoms with E-state index < -0.39 is 21.9 Å². The van der Waals surface area contributed by atoms with Gasteiger partial charge < -0.3 is 14.0 Å². The molecule has 9 heteroatoms. The zero-order chi connectivity index (χ0) is 18.5. The molecule has 1 saturated heterocycles. The van der Waals surface area contributed by atoms with E-state index in [0.717, 1.165) is 0 Å². The van der Waals surface area contributed by atoms with Gasteiger partial charge in [0, 0.05) is 44.3 Å². The van der Waals surface area contributed by atoms with E-state index in [1.807, 2.05) is 0 Å². The SMILES string of the molecule is COC[C@@H]1CN(S(=O)(=O)c2cn(C)cn2)[C@H]2c3cc(F)ccc3OC[C@@H]12. The first kappa shape index (κ1) is 17.4. The number of rotatable bonds is 4. The van der Waals surface area contributed by atoms with Crippen molar-refractivity contribution >= 4 is 10.0 Å². The summed E-state index contributed by atoms with van der Waals surface area (Å²) < 4.78 is 54.4. The van der Waals surface area contributed by atoms with Gasteiger partial charge in [-0.3, -0.25) is 0 Å². The number of methoxy groups -OCH3 is 1. The smallest absolute Gasteiger partial charge is 0.262 e. The summed E-state index contributed by atoms with van der Waals surface area (Å²) in [5.41, 5.74) is 0.555. The fourth-order valence-corrected chi connectivity index (χ4v) is 5.59. The number of nitrogens with zero attached hydrogens (tertiary/aromatic N) is 3. The number of fused-ring (bicyclic) bond motifs is 3. The van der Waals surface area contributed by atoms with Crippen molar-refractivity contribution < 1.29 is 22.3 Å². The molecule has 2 aliphatic rings. The van der Waals surface area contributed by atoms with Crippen LogP contribution >= 0.6 is 0 Å². The highest BCUT2D eigenvalue weighted by atomic mass is 32.2. The average molecular weight is 381 g/mol. The topological polar surface area (TPSA) is 73.7 Å². The second-order valence-electron chi connectivity index (χ2n) is 6.77. The van der Waals surface area contributed by atoms with E-state index >= 15 is 0 Å². The van der Waals surface area contributed by atoms with Gasteiger partial charge in [0.15, 0.2) is 5.03 Å². The summed E-state index contributed by atoms with van der Waals surface area (Å²) in [7, 11) is -0.528. The third-order valence-corrected chi connectivity index (χ3v) is 6.83. The highest BCUT2D eigenvalue weighted by Crippen LogP contribution is 2.49. The lowest BCUT2D eigenvalue weighted by atomic mass is 9.86. The molecule has 4 rings (SSSR count). The minimum atomic E-state index is -3.83. The van der Waals surface area contributed by atoms with Gasteiger partial charge in [0.05, 0.1) is 25.6 Å². The van der Waals surface area contributed by atoms with Gasteiger partial charge >= 0.3 is 0 Å². The number of benzene rings is 1. The Balaban J connectivity index is 1.81. The van der Waals surface area contributed by atoms with Gasteiger partial charge in [0.25, 0.3) is 10.0 Å². The summed E-state index contributed by atoms with van der Waals surface area (Å²) in [5, 5.41) is -0.0127. The summed E-state index contributed by atoms with van der Waals surface area (Å²) in [6.45, 7) is 1.05. The largest absolute Gasteiger partial charge is 0.493 e. The fraction of sp³-hybridized carbons (Fsp3) is 0.471. The van der Waals surface area contributed by atoms with Crippen molar-refractivity contribution in [1.82, 2.24) is 13.9 Å². The maximum atomic E-state index is 13.9. The maximum absolute atomic E-state index is 13.9. The van der Waals surface area contributed by atoms with E-state index in [-0.39, 0.29) is 23.4 Å². The van der Waals surface area contributed by atoms with E-state index in [9.17, 15) is 12.8 Å². The van der Waals surface area contributed by atoms with Gasteiger partial charge in [-0.25, -0.2) is 17.8 Å². The molecule has 1 aromatic heterocycles. The predicted octanol–water partition coefficient (Wildman–Crippen LogP) is 1.58. The second-order valence-corrected chi connectivity index (χ2v) is 8.61.